The molecule has 1 N–H and O–H groups in total. The average Bonchev–Trinajstić information content (AvgIpc) is 2.97. The topological polar surface area (TPSA) is 41.6 Å². The van der Waals surface area contributed by atoms with Gasteiger partial charge in [0.1, 0.15) is 5.69 Å². The summed E-state index contributed by atoms with van der Waals surface area (Å²) in [5.41, 5.74) is 1.00. The van der Waals surface area contributed by atoms with E-state index in [1.807, 2.05) is 25.1 Å². The van der Waals surface area contributed by atoms with Gasteiger partial charge in [-0.2, -0.15) is 13.2 Å². The third-order valence-corrected chi connectivity index (χ3v) is 4.00. The van der Waals surface area contributed by atoms with E-state index in [2.05, 4.69) is 15.2 Å². The second-order valence-corrected chi connectivity index (χ2v) is 5.69. The third-order valence-electron chi connectivity index (χ3n) is 4.00. The Labute approximate surface area is 135 Å². The Kier molecular flexibility index (Phi) is 3.09. The van der Waals surface area contributed by atoms with Crippen molar-refractivity contribution >= 4 is 21.5 Å². The first kappa shape index (κ1) is 14.7. The molecule has 0 spiro atoms. The van der Waals surface area contributed by atoms with E-state index < -0.39 is 11.9 Å². The van der Waals surface area contributed by atoms with E-state index in [0.717, 1.165) is 16.5 Å². The van der Waals surface area contributed by atoms with Crippen molar-refractivity contribution in [2.75, 3.05) is 0 Å². The van der Waals surface area contributed by atoms with Gasteiger partial charge in [0, 0.05) is 16.5 Å². The number of nitrogens with zero attached hydrogens (tertiary/aromatic N) is 2. The molecule has 2 aromatic carbocycles. The number of hydrogen-bond acceptors (Lipinski definition) is 2. The molecule has 0 saturated carbocycles. The quantitative estimate of drug-likeness (QED) is 0.494. The summed E-state index contributed by atoms with van der Waals surface area (Å²) < 4.78 is 40.0. The van der Waals surface area contributed by atoms with Crippen LogP contribution in [-0.2, 0) is 6.18 Å². The molecule has 0 saturated heterocycles. The fraction of sp³-hybridized carbons (Fsp3) is 0.111. The number of aryl methyl sites for hydroxylation is 1. The van der Waals surface area contributed by atoms with Gasteiger partial charge in [-0.15, -0.1) is 10.2 Å². The lowest BCUT2D eigenvalue weighted by molar-refractivity contribution is -0.140. The Morgan fingerprint density at radius 3 is 2.12 bits per heavy atom. The van der Waals surface area contributed by atoms with Gasteiger partial charge in [0.25, 0.3) is 0 Å². The van der Waals surface area contributed by atoms with Crippen LogP contribution in [0.3, 0.4) is 0 Å². The van der Waals surface area contributed by atoms with E-state index in [-0.39, 0.29) is 5.39 Å². The number of rotatable bonds is 1. The van der Waals surface area contributed by atoms with Crippen LogP contribution in [0, 0.1) is 6.92 Å². The molecule has 0 amide bonds. The van der Waals surface area contributed by atoms with E-state index in [1.54, 1.807) is 24.3 Å². The molecule has 0 bridgehead atoms. The number of H-pyrrole nitrogens is 1. The summed E-state index contributed by atoms with van der Waals surface area (Å²) in [5, 5.41) is 9.41. The SMILES string of the molecule is Cc1ccc(-c2nnc(C(F)(F)F)c3cc4ccccc4cc23)[nH]1. The van der Waals surface area contributed by atoms with Gasteiger partial charge in [-0.1, -0.05) is 24.3 Å². The standard InChI is InChI=1S/C18H12F3N3/c1-10-6-7-15(22-10)16-13-8-11-4-2-3-5-12(11)9-14(13)17(24-23-16)18(19,20)21/h2-9,22H,1H3. The predicted octanol–water partition coefficient (Wildman–Crippen LogP) is 5.11. The molecule has 120 valence electrons. The van der Waals surface area contributed by atoms with Crippen molar-refractivity contribution in [3.8, 4) is 11.4 Å². The van der Waals surface area contributed by atoms with Crippen LogP contribution in [0.25, 0.3) is 32.9 Å². The van der Waals surface area contributed by atoms with Crippen molar-refractivity contribution < 1.29 is 13.2 Å². The summed E-state index contributed by atoms with van der Waals surface area (Å²) in [4.78, 5) is 3.11. The first-order valence-corrected chi connectivity index (χ1v) is 7.36. The van der Waals surface area contributed by atoms with Crippen molar-refractivity contribution in [3.05, 3.63) is 59.9 Å². The normalized spacial score (nSPS) is 12.2. The molecule has 6 heteroatoms. The number of nitrogens with one attached hydrogen (secondary N) is 1. The third kappa shape index (κ3) is 2.31. The Bertz CT molecular complexity index is 1060. The molecular weight excluding hydrogens is 315 g/mol. The summed E-state index contributed by atoms with van der Waals surface area (Å²) in [6.07, 6.45) is -4.56. The maximum absolute atomic E-state index is 13.3. The first-order chi connectivity index (χ1) is 11.4. The predicted molar refractivity (Wildman–Crippen MR) is 86.6 cm³/mol. The lowest BCUT2D eigenvalue weighted by Gasteiger charge is -2.12. The van der Waals surface area contributed by atoms with Crippen LogP contribution in [0.2, 0.25) is 0 Å². The number of hydrogen-bond donors (Lipinski definition) is 1. The average molecular weight is 327 g/mol. The molecular formula is C18H12F3N3. The van der Waals surface area contributed by atoms with Crippen LogP contribution >= 0.6 is 0 Å². The van der Waals surface area contributed by atoms with Crippen LogP contribution in [0.15, 0.2) is 48.5 Å². The molecule has 0 fully saturated rings. The minimum Gasteiger partial charge on any atom is -0.357 e. The van der Waals surface area contributed by atoms with Gasteiger partial charge >= 0.3 is 6.18 Å². The summed E-state index contributed by atoms with van der Waals surface area (Å²) in [6, 6.07) is 14.2. The van der Waals surface area contributed by atoms with E-state index in [0.29, 0.717) is 16.8 Å². The second kappa shape index (κ2) is 5.06. The molecule has 3 nitrogen and oxygen atoms in total. The maximum atomic E-state index is 13.3. The smallest absolute Gasteiger partial charge is 0.357 e. The van der Waals surface area contributed by atoms with Crippen LogP contribution < -0.4 is 0 Å². The first-order valence-electron chi connectivity index (χ1n) is 7.36. The largest absolute Gasteiger partial charge is 0.435 e. The van der Waals surface area contributed by atoms with Crippen molar-refractivity contribution in [1.82, 2.24) is 15.2 Å². The Hall–Kier alpha value is -2.89. The molecule has 2 aromatic heterocycles. The monoisotopic (exact) mass is 327 g/mol. The highest BCUT2D eigenvalue weighted by Crippen LogP contribution is 2.37. The van der Waals surface area contributed by atoms with Crippen LogP contribution in [0.4, 0.5) is 13.2 Å². The van der Waals surface area contributed by atoms with Gasteiger partial charge in [0.05, 0.1) is 5.69 Å². The van der Waals surface area contributed by atoms with Crippen LogP contribution in [0.5, 0.6) is 0 Å². The zero-order valence-electron chi connectivity index (χ0n) is 12.6. The molecule has 4 aromatic rings. The fourth-order valence-electron chi connectivity index (χ4n) is 2.89. The lowest BCUT2D eigenvalue weighted by atomic mass is 10.0. The molecule has 0 aliphatic rings. The zero-order valence-corrected chi connectivity index (χ0v) is 12.6. The molecule has 24 heavy (non-hydrogen) atoms. The summed E-state index contributed by atoms with van der Waals surface area (Å²) in [5.74, 6) is 0. The van der Waals surface area contributed by atoms with Crippen molar-refractivity contribution in [2.24, 2.45) is 0 Å². The Morgan fingerprint density at radius 2 is 1.54 bits per heavy atom. The van der Waals surface area contributed by atoms with Gasteiger partial charge in [-0.3, -0.25) is 0 Å². The molecule has 2 heterocycles. The molecule has 0 aliphatic carbocycles. The number of aromatic nitrogens is 3. The zero-order chi connectivity index (χ0) is 16.9. The van der Waals surface area contributed by atoms with Crippen molar-refractivity contribution in [1.29, 1.82) is 0 Å². The summed E-state index contributed by atoms with van der Waals surface area (Å²) in [6.45, 7) is 1.87. The van der Waals surface area contributed by atoms with Gasteiger partial charge in [0.15, 0.2) is 5.69 Å². The molecule has 4 rings (SSSR count). The van der Waals surface area contributed by atoms with E-state index in [1.165, 1.54) is 6.07 Å². The van der Waals surface area contributed by atoms with Crippen molar-refractivity contribution in [3.63, 3.8) is 0 Å². The minimum absolute atomic E-state index is 0.0541. The highest BCUT2D eigenvalue weighted by atomic mass is 19.4. The fourth-order valence-corrected chi connectivity index (χ4v) is 2.89. The highest BCUT2D eigenvalue weighted by Gasteiger charge is 2.36. The molecule has 0 aliphatic heterocycles. The van der Waals surface area contributed by atoms with Crippen molar-refractivity contribution in [2.45, 2.75) is 13.1 Å². The van der Waals surface area contributed by atoms with Gasteiger partial charge in [-0.05, 0) is 42.0 Å². The molecule has 0 radical (unpaired) electrons. The Balaban J connectivity index is 2.13. The highest BCUT2D eigenvalue weighted by molar-refractivity contribution is 6.04. The second-order valence-electron chi connectivity index (χ2n) is 5.69. The lowest BCUT2D eigenvalue weighted by Crippen LogP contribution is -2.11. The van der Waals surface area contributed by atoms with Gasteiger partial charge in [-0.25, -0.2) is 0 Å². The van der Waals surface area contributed by atoms with Gasteiger partial charge < -0.3 is 4.98 Å². The van der Waals surface area contributed by atoms with E-state index in [9.17, 15) is 13.2 Å². The van der Waals surface area contributed by atoms with Crippen LogP contribution in [-0.4, -0.2) is 15.2 Å². The van der Waals surface area contributed by atoms with E-state index in [4.69, 9.17) is 0 Å². The van der Waals surface area contributed by atoms with E-state index >= 15 is 0 Å². The number of aromatic amines is 1. The summed E-state index contributed by atoms with van der Waals surface area (Å²) in [7, 11) is 0. The number of alkyl halides is 3. The maximum Gasteiger partial charge on any atom is 0.435 e. The number of halogens is 3. The molecule has 0 atom stereocenters. The minimum atomic E-state index is -4.56. The Morgan fingerprint density at radius 1 is 0.875 bits per heavy atom. The molecule has 0 unspecified atom stereocenters. The van der Waals surface area contributed by atoms with Crippen LogP contribution in [0.1, 0.15) is 11.4 Å². The number of benzene rings is 2. The number of fused-ring (bicyclic) bond motifs is 2. The van der Waals surface area contributed by atoms with Gasteiger partial charge in [0.2, 0.25) is 0 Å². The summed E-state index contributed by atoms with van der Waals surface area (Å²) >= 11 is 0.